The third-order valence-electron chi connectivity index (χ3n) is 3.58. The molecule has 1 aliphatic rings. The first-order valence-electron chi connectivity index (χ1n) is 6.66. The van der Waals surface area contributed by atoms with Crippen LogP contribution in [-0.4, -0.2) is 33.9 Å². The van der Waals surface area contributed by atoms with E-state index in [4.69, 9.17) is 17.0 Å². The largest absolute Gasteiger partial charge is 0.495 e. The van der Waals surface area contributed by atoms with Crippen LogP contribution in [0.25, 0.3) is 0 Å². The second kappa shape index (κ2) is 5.61. The van der Waals surface area contributed by atoms with E-state index in [0.29, 0.717) is 11.7 Å². The Hall–Kier alpha value is -2.28. The number of fused-ring (bicyclic) bond motifs is 1. The van der Waals surface area contributed by atoms with Gasteiger partial charge in [-0.1, -0.05) is 12.1 Å². The van der Waals surface area contributed by atoms with Crippen molar-refractivity contribution in [1.29, 1.82) is 0 Å². The molecule has 1 aliphatic heterocycles. The standard InChI is InChI=1S/C14H16N4O2S/c1-20-12-5-3-2-4-11(12)15-14(21)18-7-6-10-9(8-18)13(19)17-16-10/h2-5H,6-8H2,1H3,(H,15,21)(H2,16,17,19). The van der Waals surface area contributed by atoms with E-state index in [9.17, 15) is 4.79 Å². The summed E-state index contributed by atoms with van der Waals surface area (Å²) in [7, 11) is 1.62. The summed E-state index contributed by atoms with van der Waals surface area (Å²) in [6.45, 7) is 1.27. The van der Waals surface area contributed by atoms with E-state index in [-0.39, 0.29) is 5.56 Å². The third kappa shape index (κ3) is 2.64. The van der Waals surface area contributed by atoms with Gasteiger partial charge in [-0.05, 0) is 24.4 Å². The molecule has 0 spiro atoms. The summed E-state index contributed by atoms with van der Waals surface area (Å²) in [4.78, 5) is 13.7. The average molecular weight is 304 g/mol. The lowest BCUT2D eigenvalue weighted by Gasteiger charge is -2.29. The number of methoxy groups -OCH3 is 1. The van der Waals surface area contributed by atoms with Crippen LogP contribution in [0.15, 0.2) is 29.1 Å². The minimum absolute atomic E-state index is 0.0743. The summed E-state index contributed by atoms with van der Waals surface area (Å²) < 4.78 is 5.30. The van der Waals surface area contributed by atoms with E-state index in [1.165, 1.54) is 0 Å². The number of hydrogen-bond acceptors (Lipinski definition) is 3. The van der Waals surface area contributed by atoms with Crippen molar-refractivity contribution in [1.82, 2.24) is 15.1 Å². The number of ether oxygens (including phenoxy) is 1. The Bertz CT molecular complexity index is 722. The first-order chi connectivity index (χ1) is 10.2. The number of H-pyrrole nitrogens is 2. The lowest BCUT2D eigenvalue weighted by atomic mass is 10.1. The molecule has 0 aliphatic carbocycles. The van der Waals surface area contributed by atoms with Gasteiger partial charge in [-0.3, -0.25) is 9.89 Å². The molecule has 0 saturated carbocycles. The molecule has 1 aromatic heterocycles. The first-order valence-corrected chi connectivity index (χ1v) is 7.07. The molecule has 2 heterocycles. The van der Waals surface area contributed by atoms with Gasteiger partial charge in [0.15, 0.2) is 5.11 Å². The predicted molar refractivity (Wildman–Crippen MR) is 84.7 cm³/mol. The topological polar surface area (TPSA) is 73.2 Å². The van der Waals surface area contributed by atoms with Crippen molar-refractivity contribution in [2.75, 3.05) is 19.0 Å². The van der Waals surface area contributed by atoms with Gasteiger partial charge in [-0.25, -0.2) is 0 Å². The van der Waals surface area contributed by atoms with Gasteiger partial charge in [0.25, 0.3) is 5.56 Å². The molecule has 1 aromatic carbocycles. The number of aromatic amines is 2. The van der Waals surface area contributed by atoms with Crippen LogP contribution >= 0.6 is 12.2 Å². The van der Waals surface area contributed by atoms with Gasteiger partial charge in [-0.2, -0.15) is 0 Å². The smallest absolute Gasteiger partial charge is 0.269 e. The molecule has 3 rings (SSSR count). The van der Waals surface area contributed by atoms with Gasteiger partial charge in [0.1, 0.15) is 5.75 Å². The lowest BCUT2D eigenvalue weighted by Crippen LogP contribution is -2.39. The summed E-state index contributed by atoms with van der Waals surface area (Å²) >= 11 is 5.45. The molecular formula is C14H16N4O2S. The Morgan fingerprint density at radius 1 is 1.38 bits per heavy atom. The van der Waals surface area contributed by atoms with Crippen LogP contribution in [0.2, 0.25) is 0 Å². The molecule has 0 amide bonds. The molecule has 0 saturated heterocycles. The first kappa shape index (κ1) is 13.7. The number of thiocarbonyl (C=S) groups is 1. The minimum atomic E-state index is -0.0743. The maximum atomic E-state index is 11.7. The molecule has 0 atom stereocenters. The summed E-state index contributed by atoms with van der Waals surface area (Å²) in [6.07, 6.45) is 0.766. The molecule has 21 heavy (non-hydrogen) atoms. The second-order valence-electron chi connectivity index (χ2n) is 4.84. The SMILES string of the molecule is COc1ccccc1NC(=S)N1CCc2[nH][nH]c(=O)c2C1. The highest BCUT2D eigenvalue weighted by Crippen LogP contribution is 2.24. The molecule has 7 heteroatoms. The van der Waals surface area contributed by atoms with Crippen molar-refractivity contribution < 1.29 is 4.74 Å². The monoisotopic (exact) mass is 304 g/mol. The van der Waals surface area contributed by atoms with Crippen LogP contribution in [0.3, 0.4) is 0 Å². The molecular weight excluding hydrogens is 288 g/mol. The van der Waals surface area contributed by atoms with Gasteiger partial charge < -0.3 is 20.1 Å². The Morgan fingerprint density at radius 2 is 2.19 bits per heavy atom. The second-order valence-corrected chi connectivity index (χ2v) is 5.22. The van der Waals surface area contributed by atoms with Crippen molar-refractivity contribution >= 4 is 23.0 Å². The summed E-state index contributed by atoms with van der Waals surface area (Å²) in [6, 6.07) is 7.60. The fraction of sp³-hybridized carbons (Fsp3) is 0.286. The van der Waals surface area contributed by atoms with Crippen molar-refractivity contribution in [3.63, 3.8) is 0 Å². The Morgan fingerprint density at radius 3 is 3.00 bits per heavy atom. The maximum Gasteiger partial charge on any atom is 0.269 e. The number of anilines is 1. The number of para-hydroxylation sites is 2. The van der Waals surface area contributed by atoms with E-state index >= 15 is 0 Å². The predicted octanol–water partition coefficient (Wildman–Crippen LogP) is 1.47. The number of benzene rings is 1. The molecule has 0 fully saturated rings. The van der Waals surface area contributed by atoms with E-state index in [0.717, 1.165) is 35.7 Å². The molecule has 0 bridgehead atoms. The van der Waals surface area contributed by atoms with E-state index in [1.807, 2.05) is 29.2 Å². The number of nitrogens with zero attached hydrogens (tertiary/aromatic N) is 1. The van der Waals surface area contributed by atoms with Crippen LogP contribution in [0, 0.1) is 0 Å². The van der Waals surface area contributed by atoms with Crippen molar-refractivity contribution in [3.05, 3.63) is 45.9 Å². The highest BCUT2D eigenvalue weighted by atomic mass is 32.1. The highest BCUT2D eigenvalue weighted by Gasteiger charge is 2.22. The fourth-order valence-corrected chi connectivity index (χ4v) is 2.70. The Kier molecular flexibility index (Phi) is 3.66. The van der Waals surface area contributed by atoms with Crippen LogP contribution in [-0.2, 0) is 13.0 Å². The van der Waals surface area contributed by atoms with E-state index in [2.05, 4.69) is 15.5 Å². The van der Waals surface area contributed by atoms with Gasteiger partial charge in [0.2, 0.25) is 0 Å². The van der Waals surface area contributed by atoms with Crippen LogP contribution < -0.4 is 15.6 Å². The maximum absolute atomic E-state index is 11.7. The molecule has 0 unspecified atom stereocenters. The number of hydrogen-bond donors (Lipinski definition) is 3. The lowest BCUT2D eigenvalue weighted by molar-refractivity contribution is 0.395. The third-order valence-corrected chi connectivity index (χ3v) is 3.94. The van der Waals surface area contributed by atoms with Crippen LogP contribution in [0.5, 0.6) is 5.75 Å². The zero-order valence-electron chi connectivity index (χ0n) is 11.6. The molecule has 0 radical (unpaired) electrons. The molecule has 110 valence electrons. The summed E-state index contributed by atoms with van der Waals surface area (Å²) in [5.74, 6) is 0.733. The van der Waals surface area contributed by atoms with Gasteiger partial charge >= 0.3 is 0 Å². The Balaban J connectivity index is 1.75. The fourth-order valence-electron chi connectivity index (χ4n) is 2.43. The number of nitrogens with one attached hydrogen (secondary N) is 3. The zero-order valence-corrected chi connectivity index (χ0v) is 12.4. The highest BCUT2D eigenvalue weighted by molar-refractivity contribution is 7.80. The Labute approximate surface area is 127 Å². The average Bonchev–Trinajstić information content (AvgIpc) is 2.88. The molecule has 2 aromatic rings. The number of rotatable bonds is 2. The normalized spacial score (nSPS) is 13.7. The van der Waals surface area contributed by atoms with E-state index in [1.54, 1.807) is 7.11 Å². The van der Waals surface area contributed by atoms with Crippen molar-refractivity contribution in [2.45, 2.75) is 13.0 Å². The summed E-state index contributed by atoms with van der Waals surface area (Å²) in [5, 5.41) is 9.29. The van der Waals surface area contributed by atoms with Crippen molar-refractivity contribution in [3.8, 4) is 5.75 Å². The number of aromatic nitrogens is 2. The summed E-state index contributed by atoms with van der Waals surface area (Å²) in [5.41, 5.74) is 2.47. The van der Waals surface area contributed by atoms with Gasteiger partial charge in [0.05, 0.1) is 24.9 Å². The molecule has 3 N–H and O–H groups in total. The van der Waals surface area contributed by atoms with Crippen LogP contribution in [0.1, 0.15) is 11.3 Å². The minimum Gasteiger partial charge on any atom is -0.495 e. The van der Waals surface area contributed by atoms with Gasteiger partial charge in [0, 0.05) is 18.7 Å². The quantitative estimate of drug-likeness (QED) is 0.733. The van der Waals surface area contributed by atoms with Crippen molar-refractivity contribution in [2.24, 2.45) is 0 Å². The van der Waals surface area contributed by atoms with Crippen LogP contribution in [0.4, 0.5) is 5.69 Å². The molecule has 6 nitrogen and oxygen atoms in total. The van der Waals surface area contributed by atoms with E-state index < -0.39 is 0 Å². The zero-order chi connectivity index (χ0) is 14.8. The van der Waals surface area contributed by atoms with Gasteiger partial charge in [-0.15, -0.1) is 0 Å².